The maximum Gasteiger partial charge on any atom is 0.240 e. The largest absolute Gasteiger partial charge is 0.491 e. The quantitative estimate of drug-likeness (QED) is 0.512. The summed E-state index contributed by atoms with van der Waals surface area (Å²) < 4.78 is 10.9. The molecule has 1 N–H and O–H groups in total. The first-order valence-electron chi connectivity index (χ1n) is 10.4. The number of thiophene rings is 1. The Morgan fingerprint density at radius 3 is 2.94 bits per heavy atom. The Labute approximate surface area is 184 Å². The zero-order valence-electron chi connectivity index (χ0n) is 17.1. The number of fused-ring (bicyclic) bond motifs is 1. The van der Waals surface area contributed by atoms with Crippen LogP contribution >= 0.6 is 11.3 Å². The average molecular weight is 441 g/mol. The summed E-state index contributed by atoms with van der Waals surface area (Å²) in [5, 5.41) is 8.89. The first-order chi connectivity index (χ1) is 15.2. The number of rotatable bonds is 9. The second-order valence-electron chi connectivity index (χ2n) is 7.20. The van der Waals surface area contributed by atoms with Gasteiger partial charge in [-0.05, 0) is 36.4 Å². The number of aryl methyl sites for hydroxylation is 1. The highest BCUT2D eigenvalue weighted by Gasteiger charge is 2.24. The first kappa shape index (κ1) is 21.0. The molecule has 0 bridgehead atoms. The van der Waals surface area contributed by atoms with Crippen molar-refractivity contribution in [3.63, 3.8) is 0 Å². The van der Waals surface area contributed by atoms with E-state index >= 15 is 0 Å². The van der Waals surface area contributed by atoms with Gasteiger partial charge in [0.2, 0.25) is 23.5 Å². The van der Waals surface area contributed by atoms with Gasteiger partial charge in [-0.25, -0.2) is 0 Å². The maximum atomic E-state index is 12.4. The van der Waals surface area contributed by atoms with E-state index < -0.39 is 0 Å². The Hall–Kier alpha value is -3.20. The van der Waals surface area contributed by atoms with Crippen LogP contribution in [0.4, 0.5) is 5.69 Å². The molecule has 0 unspecified atom stereocenters. The number of carbonyl (C=O) groups excluding carboxylic acids is 2. The van der Waals surface area contributed by atoms with Crippen molar-refractivity contribution < 1.29 is 18.8 Å². The van der Waals surface area contributed by atoms with Crippen molar-refractivity contribution in [2.75, 3.05) is 24.6 Å². The molecule has 31 heavy (non-hydrogen) atoms. The van der Waals surface area contributed by atoms with Gasteiger partial charge in [-0.2, -0.15) is 4.98 Å². The summed E-state index contributed by atoms with van der Waals surface area (Å²) in [5.41, 5.74) is 0.640. The third-order valence-electron chi connectivity index (χ3n) is 4.93. The van der Waals surface area contributed by atoms with E-state index in [1.807, 2.05) is 35.7 Å². The van der Waals surface area contributed by atoms with Crippen LogP contribution in [-0.2, 0) is 16.0 Å². The summed E-state index contributed by atoms with van der Waals surface area (Å²) in [4.78, 5) is 31.7. The molecule has 1 aliphatic heterocycles. The fraction of sp³-hybridized carbons (Fsp3) is 0.364. The molecule has 3 heterocycles. The lowest BCUT2D eigenvalue weighted by Crippen LogP contribution is -2.40. The molecule has 9 heteroatoms. The summed E-state index contributed by atoms with van der Waals surface area (Å²) in [6.07, 6.45) is 3.64. The molecule has 162 valence electrons. The van der Waals surface area contributed by atoms with E-state index in [9.17, 15) is 9.59 Å². The topological polar surface area (TPSA) is 97.6 Å². The van der Waals surface area contributed by atoms with Crippen LogP contribution in [0.2, 0.25) is 0 Å². The van der Waals surface area contributed by atoms with E-state index in [2.05, 4.69) is 15.5 Å². The summed E-state index contributed by atoms with van der Waals surface area (Å²) >= 11 is 1.58. The Bertz CT molecular complexity index is 1020. The lowest BCUT2D eigenvalue weighted by molar-refractivity contribution is -0.123. The van der Waals surface area contributed by atoms with Crippen LogP contribution in [0, 0.1) is 0 Å². The fourth-order valence-electron chi connectivity index (χ4n) is 3.36. The van der Waals surface area contributed by atoms with Crippen LogP contribution in [0.5, 0.6) is 5.75 Å². The number of hydrogen-bond donors (Lipinski definition) is 1. The van der Waals surface area contributed by atoms with Gasteiger partial charge in [0.25, 0.3) is 0 Å². The number of hydrogen-bond acceptors (Lipinski definition) is 7. The molecule has 0 saturated carbocycles. The maximum absolute atomic E-state index is 12.4. The van der Waals surface area contributed by atoms with Crippen LogP contribution in [-0.4, -0.2) is 41.7 Å². The monoisotopic (exact) mass is 440 g/mol. The smallest absolute Gasteiger partial charge is 0.240 e. The van der Waals surface area contributed by atoms with Crippen LogP contribution in [0.3, 0.4) is 0 Å². The van der Waals surface area contributed by atoms with Crippen molar-refractivity contribution in [3.05, 3.63) is 47.7 Å². The third kappa shape index (κ3) is 5.49. The van der Waals surface area contributed by atoms with Gasteiger partial charge < -0.3 is 14.6 Å². The number of nitrogens with one attached hydrogen (secondary N) is 1. The van der Waals surface area contributed by atoms with Crippen LogP contribution in [0.1, 0.15) is 31.6 Å². The Balaban J connectivity index is 1.17. The Morgan fingerprint density at radius 1 is 1.16 bits per heavy atom. The minimum Gasteiger partial charge on any atom is -0.491 e. The van der Waals surface area contributed by atoms with Gasteiger partial charge in [0.15, 0.2) is 0 Å². The van der Waals surface area contributed by atoms with E-state index in [-0.39, 0.29) is 24.8 Å². The minimum atomic E-state index is -0.178. The molecule has 1 aromatic carbocycles. The van der Waals surface area contributed by atoms with Crippen LogP contribution in [0.25, 0.3) is 10.7 Å². The second-order valence-corrected chi connectivity index (χ2v) is 8.14. The molecule has 0 atom stereocenters. The van der Waals surface area contributed by atoms with Crippen molar-refractivity contribution in [1.82, 2.24) is 15.5 Å². The summed E-state index contributed by atoms with van der Waals surface area (Å²) in [6.45, 7) is 0.874. The molecule has 1 aliphatic rings. The van der Waals surface area contributed by atoms with Gasteiger partial charge in [-0.1, -0.05) is 29.8 Å². The number of aromatic nitrogens is 2. The number of nitrogens with zero attached hydrogens (tertiary/aromatic N) is 3. The van der Waals surface area contributed by atoms with E-state index in [0.717, 1.165) is 24.1 Å². The highest BCUT2D eigenvalue weighted by atomic mass is 32.1. The molecule has 4 rings (SSSR count). The zero-order valence-corrected chi connectivity index (χ0v) is 17.9. The number of benzene rings is 1. The number of anilines is 1. The SMILES string of the molecule is O=C(CN1C(=O)CCOc2ccccc21)NCCCCCc1nc(-c2cccs2)no1. The predicted octanol–water partition coefficient (Wildman–Crippen LogP) is 3.44. The van der Waals surface area contributed by atoms with E-state index in [4.69, 9.17) is 9.26 Å². The first-order valence-corrected chi connectivity index (χ1v) is 11.2. The van der Waals surface area contributed by atoms with Crippen molar-refractivity contribution >= 4 is 28.8 Å². The molecular formula is C22H24N4O4S. The fourth-order valence-corrected chi connectivity index (χ4v) is 4.01. The van der Waals surface area contributed by atoms with Gasteiger partial charge in [0.1, 0.15) is 12.3 Å². The van der Waals surface area contributed by atoms with Crippen LogP contribution in [0.15, 0.2) is 46.3 Å². The molecule has 0 fully saturated rings. The normalized spacial score (nSPS) is 13.4. The average Bonchev–Trinajstić information content (AvgIpc) is 3.44. The number of para-hydroxylation sites is 2. The van der Waals surface area contributed by atoms with E-state index in [0.29, 0.717) is 42.7 Å². The number of carbonyl (C=O) groups is 2. The molecular weight excluding hydrogens is 416 g/mol. The van der Waals surface area contributed by atoms with Gasteiger partial charge in [0.05, 0.1) is 23.6 Å². The molecule has 8 nitrogen and oxygen atoms in total. The molecule has 0 saturated heterocycles. The Kier molecular flexibility index (Phi) is 6.93. The Morgan fingerprint density at radius 2 is 2.06 bits per heavy atom. The summed E-state index contributed by atoms with van der Waals surface area (Å²) in [5.74, 6) is 1.61. The lowest BCUT2D eigenvalue weighted by atomic mass is 10.2. The standard InChI is InChI=1S/C22H24N4O4S/c27-19(15-26-16-7-3-4-8-17(16)29-13-11-21(26)28)23-12-5-1-2-10-20-24-22(25-30-20)18-9-6-14-31-18/h3-4,6-9,14H,1-2,5,10-13,15H2,(H,23,27). The molecule has 2 amide bonds. The molecule has 2 aromatic heterocycles. The molecule has 0 spiro atoms. The van der Waals surface area contributed by atoms with E-state index in [1.165, 1.54) is 4.90 Å². The predicted molar refractivity (Wildman–Crippen MR) is 117 cm³/mol. The molecule has 0 radical (unpaired) electrons. The van der Waals surface area contributed by atoms with E-state index in [1.54, 1.807) is 17.4 Å². The van der Waals surface area contributed by atoms with Crippen molar-refractivity contribution in [2.45, 2.75) is 32.1 Å². The van der Waals surface area contributed by atoms with Crippen molar-refractivity contribution in [2.24, 2.45) is 0 Å². The molecule has 3 aromatic rings. The van der Waals surface area contributed by atoms with Crippen molar-refractivity contribution in [1.29, 1.82) is 0 Å². The highest BCUT2D eigenvalue weighted by Crippen LogP contribution is 2.30. The van der Waals surface area contributed by atoms with Gasteiger partial charge in [0, 0.05) is 13.0 Å². The van der Waals surface area contributed by atoms with Gasteiger partial charge in [-0.15, -0.1) is 11.3 Å². The number of amides is 2. The minimum absolute atomic E-state index is 0.00725. The number of unbranched alkanes of at least 4 members (excludes halogenated alkanes) is 2. The lowest BCUT2D eigenvalue weighted by Gasteiger charge is -2.21. The molecule has 0 aliphatic carbocycles. The van der Waals surface area contributed by atoms with Gasteiger partial charge >= 0.3 is 0 Å². The highest BCUT2D eigenvalue weighted by molar-refractivity contribution is 7.13. The van der Waals surface area contributed by atoms with Crippen molar-refractivity contribution in [3.8, 4) is 16.5 Å². The number of ether oxygens (including phenoxy) is 1. The third-order valence-corrected chi connectivity index (χ3v) is 5.80. The summed E-state index contributed by atoms with van der Waals surface area (Å²) in [7, 11) is 0. The second kappa shape index (κ2) is 10.2. The summed E-state index contributed by atoms with van der Waals surface area (Å²) in [6, 6.07) is 11.2. The zero-order chi connectivity index (χ0) is 21.5. The van der Waals surface area contributed by atoms with Crippen LogP contribution < -0.4 is 15.0 Å². The van der Waals surface area contributed by atoms with Gasteiger partial charge in [-0.3, -0.25) is 14.5 Å².